The average molecular weight is 346 g/mol. The summed E-state index contributed by atoms with van der Waals surface area (Å²) in [4.78, 5) is 28.1. The van der Waals surface area contributed by atoms with E-state index in [-0.39, 0.29) is 24.5 Å². The number of nitrogens with one attached hydrogen (secondary N) is 1. The fraction of sp³-hybridized carbons (Fsp3) is 0.471. The summed E-state index contributed by atoms with van der Waals surface area (Å²) in [5, 5.41) is 13.5. The van der Waals surface area contributed by atoms with Gasteiger partial charge in [0.2, 0.25) is 0 Å². The van der Waals surface area contributed by atoms with Crippen LogP contribution in [-0.2, 0) is 18.4 Å². The first-order valence-corrected chi connectivity index (χ1v) is 8.30. The highest BCUT2D eigenvalue weighted by molar-refractivity contribution is 5.68. The molecule has 2 aromatic heterocycles. The molecule has 8 heteroatoms. The Hall–Kier alpha value is -2.77. The first-order chi connectivity index (χ1) is 12.0. The molecule has 0 aromatic carbocycles. The van der Waals surface area contributed by atoms with Gasteiger partial charge in [-0.25, -0.2) is 4.79 Å². The number of pyridine rings is 1. The zero-order chi connectivity index (χ0) is 18.0. The summed E-state index contributed by atoms with van der Waals surface area (Å²) in [6.07, 6.45) is 5.53. The maximum atomic E-state index is 12.3. The second kappa shape index (κ2) is 7.00. The van der Waals surface area contributed by atoms with Gasteiger partial charge in [0.1, 0.15) is 6.61 Å². The van der Waals surface area contributed by atoms with Crippen LogP contribution in [-0.4, -0.2) is 44.0 Å². The van der Waals surface area contributed by atoms with Gasteiger partial charge in [-0.1, -0.05) is 12.8 Å². The fourth-order valence-electron chi connectivity index (χ4n) is 3.15. The Bertz CT molecular complexity index is 820. The number of hydrogen-bond donors (Lipinski definition) is 2. The van der Waals surface area contributed by atoms with Gasteiger partial charge in [0, 0.05) is 25.7 Å². The van der Waals surface area contributed by atoms with Gasteiger partial charge in [-0.05, 0) is 25.0 Å². The van der Waals surface area contributed by atoms with E-state index in [2.05, 4.69) is 10.1 Å². The van der Waals surface area contributed by atoms with Crippen molar-refractivity contribution in [1.82, 2.24) is 19.7 Å². The summed E-state index contributed by atoms with van der Waals surface area (Å²) in [6, 6.07) is 3.15. The normalized spacial score (nSPS) is 14.6. The minimum absolute atomic E-state index is 0.0463. The van der Waals surface area contributed by atoms with Crippen LogP contribution >= 0.6 is 0 Å². The van der Waals surface area contributed by atoms with E-state index >= 15 is 0 Å². The summed E-state index contributed by atoms with van der Waals surface area (Å²) in [7, 11) is 3.51. The standard InChI is InChI=1S/C17H22N4O4/c1-20(11-5-3-4-6-11)17(24)25-10-14-12(9-18-21(14)2)13-7-8-15(22)16(23)19-13/h7-9,11,22H,3-6,10H2,1-2H3,(H,19,23). The molecule has 1 amide bonds. The highest BCUT2D eigenvalue weighted by Gasteiger charge is 2.25. The largest absolute Gasteiger partial charge is 0.503 e. The second-order valence-electron chi connectivity index (χ2n) is 6.32. The third kappa shape index (κ3) is 3.52. The van der Waals surface area contributed by atoms with Crippen molar-refractivity contribution in [1.29, 1.82) is 0 Å². The Morgan fingerprint density at radius 1 is 1.44 bits per heavy atom. The maximum absolute atomic E-state index is 12.3. The third-order valence-corrected chi connectivity index (χ3v) is 4.73. The first-order valence-electron chi connectivity index (χ1n) is 8.30. The number of ether oxygens (including phenoxy) is 1. The van der Waals surface area contributed by atoms with Crippen molar-refractivity contribution in [3.63, 3.8) is 0 Å². The van der Waals surface area contributed by atoms with Gasteiger partial charge in [0.05, 0.1) is 17.6 Å². The molecule has 1 aliphatic carbocycles. The summed E-state index contributed by atoms with van der Waals surface area (Å²) in [5.74, 6) is -0.348. The summed E-state index contributed by atoms with van der Waals surface area (Å²) in [6.45, 7) is 0.0463. The average Bonchev–Trinajstić information content (AvgIpc) is 3.24. The van der Waals surface area contributed by atoms with E-state index in [4.69, 9.17) is 4.74 Å². The molecule has 0 aliphatic heterocycles. The van der Waals surface area contributed by atoms with E-state index in [0.717, 1.165) is 25.7 Å². The lowest BCUT2D eigenvalue weighted by molar-refractivity contribution is 0.0899. The predicted molar refractivity (Wildman–Crippen MR) is 91.1 cm³/mol. The van der Waals surface area contributed by atoms with Crippen molar-refractivity contribution in [2.24, 2.45) is 7.05 Å². The van der Waals surface area contributed by atoms with Crippen LogP contribution in [0.5, 0.6) is 5.75 Å². The van der Waals surface area contributed by atoms with E-state index in [1.807, 2.05) is 0 Å². The third-order valence-electron chi connectivity index (χ3n) is 4.73. The van der Waals surface area contributed by atoms with Crippen LogP contribution in [0.4, 0.5) is 4.79 Å². The number of carbonyl (C=O) groups is 1. The topological polar surface area (TPSA) is 100 Å². The number of nitrogens with zero attached hydrogens (tertiary/aromatic N) is 3. The van der Waals surface area contributed by atoms with E-state index < -0.39 is 5.56 Å². The molecule has 8 nitrogen and oxygen atoms in total. The molecule has 0 atom stereocenters. The van der Waals surface area contributed by atoms with Gasteiger partial charge >= 0.3 is 6.09 Å². The Labute approximate surface area is 145 Å². The molecule has 2 heterocycles. The highest BCUT2D eigenvalue weighted by Crippen LogP contribution is 2.24. The molecule has 0 radical (unpaired) electrons. The fourth-order valence-corrected chi connectivity index (χ4v) is 3.15. The Morgan fingerprint density at radius 2 is 2.16 bits per heavy atom. The minimum Gasteiger partial charge on any atom is -0.503 e. The summed E-state index contributed by atoms with van der Waals surface area (Å²) >= 11 is 0. The Balaban J connectivity index is 1.74. The second-order valence-corrected chi connectivity index (χ2v) is 6.32. The molecular weight excluding hydrogens is 324 g/mol. The molecule has 0 spiro atoms. The van der Waals surface area contributed by atoms with Gasteiger partial charge < -0.3 is 19.7 Å². The molecule has 1 saturated carbocycles. The first kappa shape index (κ1) is 17.1. The van der Waals surface area contributed by atoms with Gasteiger partial charge in [0.25, 0.3) is 5.56 Å². The van der Waals surface area contributed by atoms with Gasteiger partial charge in [-0.2, -0.15) is 5.10 Å². The van der Waals surface area contributed by atoms with E-state index in [9.17, 15) is 14.7 Å². The monoisotopic (exact) mass is 346 g/mol. The van der Waals surface area contributed by atoms with Crippen molar-refractivity contribution >= 4 is 6.09 Å². The molecule has 0 saturated heterocycles. The van der Waals surface area contributed by atoms with Crippen molar-refractivity contribution in [2.75, 3.05) is 7.05 Å². The Morgan fingerprint density at radius 3 is 2.84 bits per heavy atom. The summed E-state index contributed by atoms with van der Waals surface area (Å²) < 4.78 is 7.04. The number of aromatic hydroxyl groups is 1. The highest BCUT2D eigenvalue weighted by atomic mass is 16.6. The molecule has 1 fully saturated rings. The number of rotatable bonds is 4. The molecule has 0 bridgehead atoms. The quantitative estimate of drug-likeness (QED) is 0.882. The smallest absolute Gasteiger partial charge is 0.410 e. The molecule has 0 unspecified atom stereocenters. The van der Waals surface area contributed by atoms with Crippen LogP contribution < -0.4 is 5.56 Å². The molecule has 134 valence electrons. The molecular formula is C17H22N4O4. The lowest BCUT2D eigenvalue weighted by atomic mass is 10.1. The lowest BCUT2D eigenvalue weighted by Gasteiger charge is -2.23. The van der Waals surface area contributed by atoms with Crippen LogP contribution in [0.3, 0.4) is 0 Å². The van der Waals surface area contributed by atoms with E-state index in [1.54, 1.807) is 35.9 Å². The number of carbonyl (C=O) groups excluding carboxylic acids is 1. The van der Waals surface area contributed by atoms with Crippen LogP contribution in [0.1, 0.15) is 31.4 Å². The van der Waals surface area contributed by atoms with Gasteiger partial charge in [0.15, 0.2) is 5.75 Å². The summed E-state index contributed by atoms with van der Waals surface area (Å²) in [5.41, 5.74) is 1.24. The van der Waals surface area contributed by atoms with Crippen LogP contribution in [0.2, 0.25) is 0 Å². The molecule has 2 N–H and O–H groups in total. The molecule has 1 aliphatic rings. The SMILES string of the molecule is CN(C(=O)OCc1c(-c2ccc(O)c(=O)[nH]2)cnn1C)C1CCCC1. The predicted octanol–water partition coefficient (Wildman–Crippen LogP) is 1.99. The number of amides is 1. The van der Waals surface area contributed by atoms with Crippen LogP contribution in [0, 0.1) is 0 Å². The minimum atomic E-state index is -0.578. The van der Waals surface area contributed by atoms with Crippen molar-refractivity contribution < 1.29 is 14.6 Å². The molecule has 2 aromatic rings. The number of aromatic nitrogens is 3. The maximum Gasteiger partial charge on any atom is 0.410 e. The van der Waals surface area contributed by atoms with Gasteiger partial charge in [-0.3, -0.25) is 9.48 Å². The Kier molecular flexibility index (Phi) is 4.78. The lowest BCUT2D eigenvalue weighted by Crippen LogP contribution is -2.35. The number of aromatic amines is 1. The van der Waals surface area contributed by atoms with E-state index in [1.165, 1.54) is 6.07 Å². The molecule has 25 heavy (non-hydrogen) atoms. The van der Waals surface area contributed by atoms with Crippen molar-refractivity contribution in [2.45, 2.75) is 38.3 Å². The number of aryl methyl sites for hydroxylation is 1. The van der Waals surface area contributed by atoms with Crippen LogP contribution in [0.15, 0.2) is 23.1 Å². The zero-order valence-corrected chi connectivity index (χ0v) is 14.4. The van der Waals surface area contributed by atoms with Crippen molar-refractivity contribution in [3.8, 4) is 17.0 Å². The van der Waals surface area contributed by atoms with Crippen LogP contribution in [0.25, 0.3) is 11.3 Å². The zero-order valence-electron chi connectivity index (χ0n) is 14.4. The molecule has 3 rings (SSSR count). The number of hydrogen-bond acceptors (Lipinski definition) is 5. The van der Waals surface area contributed by atoms with Gasteiger partial charge in [-0.15, -0.1) is 0 Å². The number of H-pyrrole nitrogens is 1. The van der Waals surface area contributed by atoms with Crippen molar-refractivity contribution in [3.05, 3.63) is 34.4 Å². The van der Waals surface area contributed by atoms with E-state index in [0.29, 0.717) is 17.0 Å².